The number of rotatable bonds is 7. The van der Waals surface area contributed by atoms with Crippen LogP contribution in [0.15, 0.2) is 24.3 Å². The summed E-state index contributed by atoms with van der Waals surface area (Å²) < 4.78 is 23.8. The van der Waals surface area contributed by atoms with E-state index in [9.17, 15) is 14.7 Å². The van der Waals surface area contributed by atoms with Crippen molar-refractivity contribution in [2.24, 2.45) is 0 Å². The molecule has 0 saturated heterocycles. The Hall–Kier alpha value is -0.660. The molecule has 0 aliphatic carbocycles. The van der Waals surface area contributed by atoms with Gasteiger partial charge in [-0.3, -0.25) is 14.6 Å². The van der Waals surface area contributed by atoms with Crippen LogP contribution < -0.4 is 4.52 Å². The van der Waals surface area contributed by atoms with Crippen molar-refractivity contribution in [2.75, 3.05) is 10.6 Å². The molecule has 0 aromatic heterocycles. The summed E-state index contributed by atoms with van der Waals surface area (Å²) in [5, 5.41) is 10.5. The van der Waals surface area contributed by atoms with Gasteiger partial charge in [-0.2, -0.15) is 0 Å². The van der Waals surface area contributed by atoms with Crippen molar-refractivity contribution in [3.8, 4) is 5.75 Å². The number of halogens is 1. The van der Waals surface area contributed by atoms with Gasteiger partial charge in [-0.25, -0.2) is 4.57 Å². The van der Waals surface area contributed by atoms with Gasteiger partial charge in [-0.05, 0) is 19.1 Å². The Morgan fingerprint density at radius 1 is 1.42 bits per heavy atom. The van der Waals surface area contributed by atoms with E-state index in [-0.39, 0.29) is 18.0 Å². The van der Waals surface area contributed by atoms with Gasteiger partial charge in [0.05, 0.1) is 17.2 Å². The molecule has 0 amide bonds. The quantitative estimate of drug-likeness (QED) is 0.228. The number of benzene rings is 1. The minimum atomic E-state index is -3.21. The summed E-state index contributed by atoms with van der Waals surface area (Å²) in [4.78, 5) is 10.0. The summed E-state index contributed by atoms with van der Waals surface area (Å²) >= 11 is 2.14. The molecule has 0 N–H and O–H groups in total. The fourth-order valence-corrected chi connectivity index (χ4v) is 3.10. The first kappa shape index (κ1) is 16.4. The fraction of sp³-hybridized carbons (Fsp3) is 0.455. The molecule has 8 heteroatoms. The minimum Gasteiger partial charge on any atom is -0.424 e. The average Bonchev–Trinajstić information content (AvgIpc) is 2.39. The number of nitro groups is 1. The maximum Gasteiger partial charge on any atom is 0.379 e. The summed E-state index contributed by atoms with van der Waals surface area (Å²) in [5.74, 6) is 0.302. The van der Waals surface area contributed by atoms with E-state index in [0.717, 1.165) is 0 Å². The minimum absolute atomic E-state index is 0.0415. The number of non-ortho nitro benzene ring substituents is 1. The third kappa shape index (κ3) is 5.08. The van der Waals surface area contributed by atoms with Crippen molar-refractivity contribution in [2.45, 2.75) is 20.0 Å². The molecule has 19 heavy (non-hydrogen) atoms. The van der Waals surface area contributed by atoms with Crippen LogP contribution in [0.3, 0.4) is 0 Å². The van der Waals surface area contributed by atoms with Gasteiger partial charge in [0.2, 0.25) is 0 Å². The molecular weight excluding hydrogens is 384 g/mol. The van der Waals surface area contributed by atoms with Crippen LogP contribution in [0.2, 0.25) is 0 Å². The maximum absolute atomic E-state index is 12.4. The lowest BCUT2D eigenvalue weighted by atomic mass is 10.3. The molecule has 1 aromatic carbocycles. The van der Waals surface area contributed by atoms with E-state index in [1.807, 2.05) is 6.92 Å². The van der Waals surface area contributed by atoms with Gasteiger partial charge in [-0.15, -0.1) is 0 Å². The summed E-state index contributed by atoms with van der Waals surface area (Å²) in [7, 11) is -3.21. The molecule has 0 spiro atoms. The number of hydrogen-bond donors (Lipinski definition) is 0. The van der Waals surface area contributed by atoms with Gasteiger partial charge in [0.15, 0.2) is 0 Å². The van der Waals surface area contributed by atoms with E-state index in [1.165, 1.54) is 24.3 Å². The van der Waals surface area contributed by atoms with Gasteiger partial charge < -0.3 is 4.52 Å². The SMILES string of the molecule is CCP(=O)(Oc1ccc([N+](=O)[O-])cc1)OC(C)CI. The van der Waals surface area contributed by atoms with Gasteiger partial charge >= 0.3 is 7.60 Å². The van der Waals surface area contributed by atoms with Crippen LogP contribution in [-0.2, 0) is 9.09 Å². The lowest BCUT2D eigenvalue weighted by molar-refractivity contribution is -0.384. The Morgan fingerprint density at radius 2 is 2.00 bits per heavy atom. The monoisotopic (exact) mass is 399 g/mol. The van der Waals surface area contributed by atoms with Crippen LogP contribution in [-0.4, -0.2) is 21.6 Å². The van der Waals surface area contributed by atoms with Crippen molar-refractivity contribution < 1.29 is 18.5 Å². The van der Waals surface area contributed by atoms with E-state index in [1.54, 1.807) is 6.92 Å². The predicted molar refractivity (Wildman–Crippen MR) is 81.3 cm³/mol. The third-order valence-corrected chi connectivity index (χ3v) is 5.42. The highest BCUT2D eigenvalue weighted by molar-refractivity contribution is 14.1. The van der Waals surface area contributed by atoms with Crippen molar-refractivity contribution >= 4 is 35.9 Å². The zero-order valence-electron chi connectivity index (χ0n) is 10.6. The zero-order valence-corrected chi connectivity index (χ0v) is 13.7. The van der Waals surface area contributed by atoms with Crippen molar-refractivity contribution in [3.05, 3.63) is 34.4 Å². The second kappa shape index (κ2) is 7.21. The maximum atomic E-state index is 12.4. The first-order valence-electron chi connectivity index (χ1n) is 5.67. The summed E-state index contributed by atoms with van der Waals surface area (Å²) in [6.07, 6.45) is 0.0646. The van der Waals surface area contributed by atoms with Crippen molar-refractivity contribution in [1.82, 2.24) is 0 Å². The summed E-state index contributed by atoms with van der Waals surface area (Å²) in [5.41, 5.74) is -0.0415. The highest BCUT2D eigenvalue weighted by Gasteiger charge is 2.26. The van der Waals surface area contributed by atoms with Gasteiger partial charge in [0, 0.05) is 16.6 Å². The highest BCUT2D eigenvalue weighted by atomic mass is 127. The molecule has 6 nitrogen and oxygen atoms in total. The second-order valence-electron chi connectivity index (χ2n) is 3.84. The van der Waals surface area contributed by atoms with Gasteiger partial charge in [0.1, 0.15) is 5.75 Å². The Labute approximate surface area is 125 Å². The first-order chi connectivity index (χ1) is 8.90. The molecule has 1 aromatic rings. The van der Waals surface area contributed by atoms with E-state index < -0.39 is 12.5 Å². The number of hydrogen-bond acceptors (Lipinski definition) is 5. The molecule has 0 aliphatic rings. The Kier molecular flexibility index (Phi) is 6.22. The molecule has 0 saturated carbocycles. The molecule has 0 radical (unpaired) electrons. The Bertz CT molecular complexity index is 478. The first-order valence-corrected chi connectivity index (χ1v) is 8.93. The molecule has 2 atom stereocenters. The second-order valence-corrected chi connectivity index (χ2v) is 6.97. The van der Waals surface area contributed by atoms with Crippen LogP contribution in [0, 0.1) is 10.1 Å². The smallest absolute Gasteiger partial charge is 0.379 e. The predicted octanol–water partition coefficient (Wildman–Crippen LogP) is 4.03. The van der Waals surface area contributed by atoms with E-state index in [4.69, 9.17) is 9.05 Å². The molecule has 0 heterocycles. The number of nitrogens with zero attached hydrogens (tertiary/aromatic N) is 1. The zero-order chi connectivity index (χ0) is 14.5. The summed E-state index contributed by atoms with van der Waals surface area (Å²) in [6, 6.07) is 5.44. The molecule has 0 fully saturated rings. The molecule has 0 bridgehead atoms. The number of nitro benzene ring substituents is 1. The molecule has 1 rings (SSSR count). The average molecular weight is 399 g/mol. The Morgan fingerprint density at radius 3 is 2.42 bits per heavy atom. The third-order valence-electron chi connectivity index (χ3n) is 2.24. The van der Waals surface area contributed by atoms with Crippen LogP contribution in [0.25, 0.3) is 0 Å². The lowest BCUT2D eigenvalue weighted by Crippen LogP contribution is -2.11. The molecule has 2 unspecified atom stereocenters. The van der Waals surface area contributed by atoms with Crippen molar-refractivity contribution in [1.29, 1.82) is 0 Å². The number of alkyl halides is 1. The van der Waals surface area contributed by atoms with Gasteiger partial charge in [-0.1, -0.05) is 29.5 Å². The van der Waals surface area contributed by atoms with Crippen molar-refractivity contribution in [3.63, 3.8) is 0 Å². The summed E-state index contributed by atoms with van der Waals surface area (Å²) in [6.45, 7) is 3.53. The standard InChI is InChI=1S/C11H15INO5P/c1-3-19(16,17-9(2)8-12)18-11-6-4-10(5-7-11)13(14)15/h4-7,9H,3,8H2,1-2H3. The topological polar surface area (TPSA) is 78.7 Å². The molecule has 106 valence electrons. The highest BCUT2D eigenvalue weighted by Crippen LogP contribution is 2.49. The largest absolute Gasteiger partial charge is 0.424 e. The molecule has 0 aliphatic heterocycles. The molecular formula is C11H15INO5P. The Balaban J connectivity index is 2.80. The van der Waals surface area contributed by atoms with Crippen LogP contribution in [0.4, 0.5) is 5.69 Å². The fourth-order valence-electron chi connectivity index (χ4n) is 1.25. The van der Waals surface area contributed by atoms with Crippen LogP contribution >= 0.6 is 30.2 Å². The normalized spacial score (nSPS) is 15.5. The van der Waals surface area contributed by atoms with Crippen LogP contribution in [0.5, 0.6) is 5.75 Å². The van der Waals surface area contributed by atoms with Crippen LogP contribution in [0.1, 0.15) is 13.8 Å². The van der Waals surface area contributed by atoms with E-state index >= 15 is 0 Å². The van der Waals surface area contributed by atoms with Gasteiger partial charge in [0.25, 0.3) is 5.69 Å². The van der Waals surface area contributed by atoms with E-state index in [2.05, 4.69) is 22.6 Å². The van der Waals surface area contributed by atoms with E-state index in [0.29, 0.717) is 10.2 Å². The lowest BCUT2D eigenvalue weighted by Gasteiger charge is -2.20.